The molecule has 1 aliphatic carbocycles. The van der Waals surface area contributed by atoms with E-state index in [0.717, 1.165) is 24.2 Å². The summed E-state index contributed by atoms with van der Waals surface area (Å²) in [5.41, 5.74) is -0.754. The van der Waals surface area contributed by atoms with Gasteiger partial charge in [-0.1, -0.05) is 19.3 Å². The summed E-state index contributed by atoms with van der Waals surface area (Å²) in [5, 5.41) is 2.69. The fourth-order valence-corrected chi connectivity index (χ4v) is 3.59. The lowest BCUT2D eigenvalue weighted by Gasteiger charge is -2.35. The first-order valence-corrected chi connectivity index (χ1v) is 8.85. The maximum absolute atomic E-state index is 12.8. The standard InChI is InChI=1S/C17H27N3O5/c1-19-16(24)20(15(23)17(19)9-5-3-6-10-17)12-13(21)18-11-7-4-8-14(22)25-2/h3-12H2,1-2H3,(H,18,21). The van der Waals surface area contributed by atoms with E-state index in [-0.39, 0.29) is 24.3 Å². The number of nitrogens with zero attached hydrogens (tertiary/aromatic N) is 2. The van der Waals surface area contributed by atoms with Crippen LogP contribution >= 0.6 is 0 Å². The second-order valence-corrected chi connectivity index (χ2v) is 6.71. The molecule has 0 bridgehead atoms. The predicted molar refractivity (Wildman–Crippen MR) is 89.6 cm³/mol. The highest BCUT2D eigenvalue weighted by molar-refractivity contribution is 6.08. The van der Waals surface area contributed by atoms with Crippen molar-refractivity contribution in [3.63, 3.8) is 0 Å². The molecule has 0 aromatic heterocycles. The van der Waals surface area contributed by atoms with Crippen molar-refractivity contribution in [2.45, 2.75) is 56.9 Å². The number of nitrogens with one attached hydrogen (secondary N) is 1. The molecule has 2 rings (SSSR count). The van der Waals surface area contributed by atoms with E-state index < -0.39 is 11.6 Å². The average Bonchev–Trinajstić information content (AvgIpc) is 2.78. The Balaban J connectivity index is 1.81. The molecule has 1 saturated heterocycles. The molecule has 1 spiro atoms. The maximum Gasteiger partial charge on any atom is 0.327 e. The number of hydrogen-bond acceptors (Lipinski definition) is 5. The molecule has 25 heavy (non-hydrogen) atoms. The Bertz CT molecular complexity index is 542. The molecule has 0 radical (unpaired) electrons. The van der Waals surface area contributed by atoms with E-state index in [0.29, 0.717) is 38.6 Å². The largest absolute Gasteiger partial charge is 0.469 e. The van der Waals surface area contributed by atoms with E-state index in [1.54, 1.807) is 7.05 Å². The summed E-state index contributed by atoms with van der Waals surface area (Å²) in [6, 6.07) is -0.396. The van der Waals surface area contributed by atoms with Crippen molar-refractivity contribution in [3.05, 3.63) is 0 Å². The quantitative estimate of drug-likeness (QED) is 0.419. The van der Waals surface area contributed by atoms with E-state index in [9.17, 15) is 19.2 Å². The first kappa shape index (κ1) is 19.2. The topological polar surface area (TPSA) is 96.0 Å². The molecule has 0 atom stereocenters. The minimum absolute atomic E-state index is 0.249. The second-order valence-electron chi connectivity index (χ2n) is 6.71. The Morgan fingerprint density at radius 1 is 1.16 bits per heavy atom. The van der Waals surface area contributed by atoms with Gasteiger partial charge in [-0.3, -0.25) is 19.3 Å². The number of methoxy groups -OCH3 is 1. The van der Waals surface area contributed by atoms with E-state index in [1.807, 2.05) is 0 Å². The van der Waals surface area contributed by atoms with Crippen LogP contribution in [0.3, 0.4) is 0 Å². The van der Waals surface area contributed by atoms with Gasteiger partial charge < -0.3 is 15.0 Å². The van der Waals surface area contributed by atoms with Gasteiger partial charge in [0.2, 0.25) is 5.91 Å². The normalized spacial score (nSPS) is 19.4. The van der Waals surface area contributed by atoms with E-state index >= 15 is 0 Å². The van der Waals surface area contributed by atoms with Crippen molar-refractivity contribution in [1.82, 2.24) is 15.1 Å². The third-order valence-corrected chi connectivity index (χ3v) is 5.14. The van der Waals surface area contributed by atoms with Crippen LogP contribution in [0.5, 0.6) is 0 Å². The molecule has 0 unspecified atom stereocenters. The monoisotopic (exact) mass is 353 g/mol. The number of ether oxygens (including phenoxy) is 1. The lowest BCUT2D eigenvalue weighted by molar-refractivity contribution is -0.140. The highest BCUT2D eigenvalue weighted by Crippen LogP contribution is 2.39. The van der Waals surface area contributed by atoms with Crippen LogP contribution in [-0.4, -0.2) is 66.4 Å². The van der Waals surface area contributed by atoms with Crippen LogP contribution in [0.25, 0.3) is 0 Å². The number of imide groups is 1. The van der Waals surface area contributed by atoms with Crippen molar-refractivity contribution in [3.8, 4) is 0 Å². The van der Waals surface area contributed by atoms with Crippen LogP contribution in [0, 0.1) is 0 Å². The van der Waals surface area contributed by atoms with Crippen LogP contribution in [0.2, 0.25) is 0 Å². The molecule has 4 amide bonds. The summed E-state index contributed by atoms with van der Waals surface area (Å²) >= 11 is 0. The number of hydrogen-bond donors (Lipinski definition) is 1. The summed E-state index contributed by atoms with van der Waals surface area (Å²) in [4.78, 5) is 50.8. The van der Waals surface area contributed by atoms with Gasteiger partial charge in [0.05, 0.1) is 7.11 Å². The van der Waals surface area contributed by atoms with Gasteiger partial charge in [0.1, 0.15) is 12.1 Å². The smallest absolute Gasteiger partial charge is 0.327 e. The number of likely N-dealkylation sites (N-methyl/N-ethyl adjacent to an activating group) is 1. The molecular weight excluding hydrogens is 326 g/mol. The summed E-state index contributed by atoms with van der Waals surface area (Å²) in [7, 11) is 2.99. The lowest BCUT2D eigenvalue weighted by atomic mass is 9.81. The highest BCUT2D eigenvalue weighted by Gasteiger charge is 2.55. The van der Waals surface area contributed by atoms with Crippen LogP contribution in [-0.2, 0) is 19.1 Å². The Hall–Kier alpha value is -2.12. The molecule has 2 aliphatic rings. The van der Waals surface area contributed by atoms with Crippen molar-refractivity contribution < 1.29 is 23.9 Å². The van der Waals surface area contributed by atoms with Gasteiger partial charge in [0.25, 0.3) is 5.91 Å². The van der Waals surface area contributed by atoms with Gasteiger partial charge in [-0.05, 0) is 25.7 Å². The number of esters is 1. The maximum atomic E-state index is 12.8. The minimum atomic E-state index is -0.754. The zero-order valence-electron chi connectivity index (χ0n) is 15.0. The molecule has 1 N–H and O–H groups in total. The molecule has 1 saturated carbocycles. The second kappa shape index (κ2) is 8.31. The average molecular weight is 353 g/mol. The molecular formula is C17H27N3O5. The fourth-order valence-electron chi connectivity index (χ4n) is 3.59. The van der Waals surface area contributed by atoms with Gasteiger partial charge >= 0.3 is 12.0 Å². The first-order chi connectivity index (χ1) is 11.9. The third-order valence-electron chi connectivity index (χ3n) is 5.14. The van der Waals surface area contributed by atoms with Crippen molar-refractivity contribution in [2.75, 3.05) is 27.2 Å². The third kappa shape index (κ3) is 4.11. The molecule has 8 nitrogen and oxygen atoms in total. The van der Waals surface area contributed by atoms with Crippen molar-refractivity contribution >= 4 is 23.8 Å². The Kier molecular flexibility index (Phi) is 6.39. The summed E-state index contributed by atoms with van der Waals surface area (Å²) in [6.07, 6.45) is 5.80. The highest BCUT2D eigenvalue weighted by atomic mass is 16.5. The molecule has 0 aromatic carbocycles. The first-order valence-electron chi connectivity index (χ1n) is 8.85. The summed E-state index contributed by atoms with van der Waals surface area (Å²) < 4.78 is 4.54. The number of rotatable bonds is 7. The van der Waals surface area contributed by atoms with Gasteiger partial charge in [-0.2, -0.15) is 0 Å². The SMILES string of the molecule is COC(=O)CCCCNC(=O)CN1C(=O)N(C)C2(CCCCC2)C1=O. The van der Waals surface area contributed by atoms with Crippen LogP contribution in [0.1, 0.15) is 51.4 Å². The summed E-state index contributed by atoms with van der Waals surface area (Å²) in [6.45, 7) is 0.147. The molecule has 2 fully saturated rings. The summed E-state index contributed by atoms with van der Waals surface area (Å²) in [5.74, 6) is -0.887. The number of unbranched alkanes of at least 4 members (excludes halogenated alkanes) is 1. The number of urea groups is 1. The van der Waals surface area contributed by atoms with E-state index in [1.165, 1.54) is 12.0 Å². The molecule has 8 heteroatoms. The zero-order valence-corrected chi connectivity index (χ0v) is 15.0. The predicted octanol–water partition coefficient (Wildman–Crippen LogP) is 1.04. The van der Waals surface area contributed by atoms with Gasteiger partial charge in [-0.25, -0.2) is 4.79 Å². The van der Waals surface area contributed by atoms with Gasteiger partial charge in [0, 0.05) is 20.0 Å². The Morgan fingerprint density at radius 2 is 1.84 bits per heavy atom. The number of amides is 4. The zero-order chi connectivity index (χ0) is 18.4. The van der Waals surface area contributed by atoms with Gasteiger partial charge in [-0.15, -0.1) is 0 Å². The van der Waals surface area contributed by atoms with Crippen LogP contribution in [0.15, 0.2) is 0 Å². The van der Waals surface area contributed by atoms with Gasteiger partial charge in [0.15, 0.2) is 0 Å². The Morgan fingerprint density at radius 3 is 2.48 bits per heavy atom. The minimum Gasteiger partial charge on any atom is -0.469 e. The molecule has 1 heterocycles. The van der Waals surface area contributed by atoms with E-state index in [2.05, 4.69) is 10.1 Å². The van der Waals surface area contributed by atoms with Crippen LogP contribution < -0.4 is 5.32 Å². The number of carbonyl (C=O) groups excluding carboxylic acids is 4. The molecule has 1 aliphatic heterocycles. The van der Waals surface area contributed by atoms with E-state index in [4.69, 9.17) is 0 Å². The molecule has 140 valence electrons. The van der Waals surface area contributed by atoms with Crippen molar-refractivity contribution in [2.24, 2.45) is 0 Å². The Labute approximate surface area is 147 Å². The number of carbonyl (C=O) groups is 4. The molecule has 0 aromatic rings. The van der Waals surface area contributed by atoms with Crippen molar-refractivity contribution in [1.29, 1.82) is 0 Å². The fraction of sp³-hybridized carbons (Fsp3) is 0.765. The lowest BCUT2D eigenvalue weighted by Crippen LogP contribution is -2.49. The van der Waals surface area contributed by atoms with Crippen LogP contribution in [0.4, 0.5) is 4.79 Å².